The van der Waals surface area contributed by atoms with Crippen molar-refractivity contribution in [2.75, 3.05) is 19.7 Å². The molecule has 0 aliphatic carbocycles. The van der Waals surface area contributed by atoms with Crippen LogP contribution < -0.4 is 0 Å². The predicted molar refractivity (Wildman–Crippen MR) is 72.9 cm³/mol. The molecule has 1 N–H and O–H groups in total. The zero-order valence-corrected chi connectivity index (χ0v) is 11.8. The van der Waals surface area contributed by atoms with E-state index in [9.17, 15) is 5.11 Å². The quantitative estimate of drug-likeness (QED) is 0.902. The first-order valence-electron chi connectivity index (χ1n) is 7.63. The Labute approximate surface area is 114 Å². The molecule has 0 spiro atoms. The first kappa shape index (κ1) is 13.1. The summed E-state index contributed by atoms with van der Waals surface area (Å²) in [6.45, 7) is 5.59. The number of piperidine rings is 1. The van der Waals surface area contributed by atoms with Crippen LogP contribution in [0.25, 0.3) is 0 Å². The van der Waals surface area contributed by atoms with Gasteiger partial charge in [0.25, 0.3) is 0 Å². The molecule has 1 aromatic heterocycles. The van der Waals surface area contributed by atoms with Crippen LogP contribution in [-0.4, -0.2) is 44.5 Å². The standard InChI is InChI=1S/C14H24N4O/c1-2-17-8-4-3-7-12(17)13-15-14-11(10-19)6-5-9-18(14)16-13/h11-12,19H,2-10H2,1H3. The molecule has 5 heteroatoms. The summed E-state index contributed by atoms with van der Waals surface area (Å²) in [5, 5.41) is 14.2. The van der Waals surface area contributed by atoms with Gasteiger partial charge in [0.15, 0.2) is 5.82 Å². The minimum absolute atomic E-state index is 0.189. The molecule has 2 unspecified atom stereocenters. The Bertz CT molecular complexity index is 431. The van der Waals surface area contributed by atoms with Crippen LogP contribution in [0, 0.1) is 0 Å². The van der Waals surface area contributed by atoms with Gasteiger partial charge in [-0.3, -0.25) is 4.90 Å². The van der Waals surface area contributed by atoms with Crippen molar-refractivity contribution in [3.8, 4) is 0 Å². The summed E-state index contributed by atoms with van der Waals surface area (Å²) in [5.74, 6) is 2.18. The molecule has 3 rings (SSSR count). The Morgan fingerprint density at radius 2 is 2.11 bits per heavy atom. The summed E-state index contributed by atoms with van der Waals surface area (Å²) in [5.41, 5.74) is 0. The van der Waals surface area contributed by atoms with E-state index in [0.717, 1.165) is 44.1 Å². The SMILES string of the molecule is CCN1CCCCC1c1nc2n(n1)CCCC2CO. The van der Waals surface area contributed by atoms with Crippen LogP contribution in [0.3, 0.4) is 0 Å². The largest absolute Gasteiger partial charge is 0.396 e. The molecule has 1 saturated heterocycles. The summed E-state index contributed by atoms with van der Waals surface area (Å²) in [4.78, 5) is 7.26. The van der Waals surface area contributed by atoms with E-state index in [2.05, 4.69) is 11.8 Å². The molecule has 0 bridgehead atoms. The lowest BCUT2D eigenvalue weighted by Gasteiger charge is -2.32. The van der Waals surface area contributed by atoms with E-state index in [4.69, 9.17) is 10.1 Å². The monoisotopic (exact) mass is 264 g/mol. The maximum atomic E-state index is 9.46. The Morgan fingerprint density at radius 1 is 1.21 bits per heavy atom. The number of rotatable bonds is 3. The number of hydrogen-bond acceptors (Lipinski definition) is 4. The van der Waals surface area contributed by atoms with E-state index < -0.39 is 0 Å². The van der Waals surface area contributed by atoms with Crippen LogP contribution in [0.1, 0.15) is 62.6 Å². The summed E-state index contributed by atoms with van der Waals surface area (Å²) in [6, 6.07) is 0.385. The molecule has 1 aromatic rings. The zero-order valence-electron chi connectivity index (χ0n) is 11.8. The second kappa shape index (κ2) is 5.59. The predicted octanol–water partition coefficient (Wildman–Crippen LogP) is 1.69. The van der Waals surface area contributed by atoms with Gasteiger partial charge in [-0.05, 0) is 38.8 Å². The Morgan fingerprint density at radius 3 is 2.89 bits per heavy atom. The fraction of sp³-hybridized carbons (Fsp3) is 0.857. The molecule has 0 saturated carbocycles. The van der Waals surface area contributed by atoms with Crippen molar-refractivity contribution in [2.24, 2.45) is 0 Å². The van der Waals surface area contributed by atoms with Gasteiger partial charge in [-0.25, -0.2) is 9.67 Å². The van der Waals surface area contributed by atoms with Gasteiger partial charge in [-0.15, -0.1) is 0 Å². The van der Waals surface area contributed by atoms with E-state index in [1.54, 1.807) is 0 Å². The van der Waals surface area contributed by atoms with Gasteiger partial charge in [0.2, 0.25) is 0 Å². The molecule has 106 valence electrons. The third-order valence-electron chi connectivity index (χ3n) is 4.54. The van der Waals surface area contributed by atoms with Gasteiger partial charge < -0.3 is 5.11 Å². The minimum Gasteiger partial charge on any atom is -0.396 e. The van der Waals surface area contributed by atoms with Crippen molar-refractivity contribution in [1.82, 2.24) is 19.7 Å². The van der Waals surface area contributed by atoms with Crippen LogP contribution >= 0.6 is 0 Å². The summed E-state index contributed by atoms with van der Waals surface area (Å²) >= 11 is 0. The molecule has 0 aromatic carbocycles. The van der Waals surface area contributed by atoms with E-state index in [1.165, 1.54) is 19.3 Å². The van der Waals surface area contributed by atoms with Gasteiger partial charge in [0.1, 0.15) is 5.82 Å². The normalized spacial score (nSPS) is 28.3. The maximum Gasteiger partial charge on any atom is 0.168 e. The Balaban J connectivity index is 1.87. The van der Waals surface area contributed by atoms with E-state index in [1.807, 2.05) is 4.68 Å². The third-order valence-corrected chi connectivity index (χ3v) is 4.54. The zero-order chi connectivity index (χ0) is 13.2. The highest BCUT2D eigenvalue weighted by molar-refractivity contribution is 5.06. The van der Waals surface area contributed by atoms with Gasteiger partial charge in [0, 0.05) is 12.5 Å². The van der Waals surface area contributed by atoms with Crippen molar-refractivity contribution >= 4 is 0 Å². The van der Waals surface area contributed by atoms with Gasteiger partial charge in [-0.1, -0.05) is 13.3 Å². The highest BCUT2D eigenvalue weighted by Gasteiger charge is 2.30. The first-order chi connectivity index (χ1) is 9.33. The second-order valence-corrected chi connectivity index (χ2v) is 5.71. The van der Waals surface area contributed by atoms with Gasteiger partial charge >= 0.3 is 0 Å². The average molecular weight is 264 g/mol. The smallest absolute Gasteiger partial charge is 0.168 e. The van der Waals surface area contributed by atoms with Crippen molar-refractivity contribution in [3.63, 3.8) is 0 Å². The highest BCUT2D eigenvalue weighted by Crippen LogP contribution is 2.31. The van der Waals surface area contributed by atoms with Crippen LogP contribution in [0.2, 0.25) is 0 Å². The number of likely N-dealkylation sites (tertiary alicyclic amines) is 1. The van der Waals surface area contributed by atoms with Crippen molar-refractivity contribution in [1.29, 1.82) is 0 Å². The molecule has 0 radical (unpaired) electrons. The van der Waals surface area contributed by atoms with Crippen LogP contribution in [0.4, 0.5) is 0 Å². The summed E-state index contributed by atoms with van der Waals surface area (Å²) in [6.07, 6.45) is 5.87. The van der Waals surface area contributed by atoms with Gasteiger partial charge in [-0.2, -0.15) is 5.10 Å². The molecule has 0 amide bonds. The molecule has 19 heavy (non-hydrogen) atoms. The number of nitrogens with zero attached hydrogens (tertiary/aromatic N) is 4. The number of aromatic nitrogens is 3. The second-order valence-electron chi connectivity index (χ2n) is 5.71. The summed E-state index contributed by atoms with van der Waals surface area (Å²) < 4.78 is 2.03. The molecule has 3 heterocycles. The average Bonchev–Trinajstić information content (AvgIpc) is 2.90. The molecule has 2 aliphatic heterocycles. The lowest BCUT2D eigenvalue weighted by molar-refractivity contribution is 0.150. The first-order valence-corrected chi connectivity index (χ1v) is 7.63. The Hall–Kier alpha value is -0.940. The number of fused-ring (bicyclic) bond motifs is 1. The van der Waals surface area contributed by atoms with E-state index in [0.29, 0.717) is 6.04 Å². The van der Waals surface area contributed by atoms with E-state index >= 15 is 0 Å². The van der Waals surface area contributed by atoms with E-state index in [-0.39, 0.29) is 12.5 Å². The number of aryl methyl sites for hydroxylation is 1. The van der Waals surface area contributed by atoms with Crippen LogP contribution in [-0.2, 0) is 6.54 Å². The molecule has 2 atom stereocenters. The fourth-order valence-corrected chi connectivity index (χ4v) is 3.43. The van der Waals surface area contributed by atoms with Gasteiger partial charge in [0.05, 0.1) is 12.6 Å². The topological polar surface area (TPSA) is 54.2 Å². The number of hydrogen-bond donors (Lipinski definition) is 1. The van der Waals surface area contributed by atoms with Crippen molar-refractivity contribution in [3.05, 3.63) is 11.6 Å². The highest BCUT2D eigenvalue weighted by atomic mass is 16.3. The molecule has 1 fully saturated rings. The fourth-order valence-electron chi connectivity index (χ4n) is 3.43. The third kappa shape index (κ3) is 2.41. The maximum absolute atomic E-state index is 9.46. The minimum atomic E-state index is 0.189. The van der Waals surface area contributed by atoms with Crippen molar-refractivity contribution in [2.45, 2.75) is 57.5 Å². The number of aliphatic hydroxyl groups is 1. The molecule has 2 aliphatic rings. The molecular weight excluding hydrogens is 240 g/mol. The molecule has 5 nitrogen and oxygen atoms in total. The lowest BCUT2D eigenvalue weighted by Crippen LogP contribution is -2.33. The van der Waals surface area contributed by atoms with Crippen LogP contribution in [0.15, 0.2) is 0 Å². The van der Waals surface area contributed by atoms with Crippen LogP contribution in [0.5, 0.6) is 0 Å². The Kier molecular flexibility index (Phi) is 3.84. The van der Waals surface area contributed by atoms with Crippen molar-refractivity contribution < 1.29 is 5.11 Å². The summed E-state index contributed by atoms with van der Waals surface area (Å²) in [7, 11) is 0. The number of aliphatic hydroxyl groups excluding tert-OH is 1. The lowest BCUT2D eigenvalue weighted by atomic mass is 10.00. The molecular formula is C14H24N4O.